The van der Waals surface area contributed by atoms with Gasteiger partial charge in [0.05, 0.1) is 6.26 Å². The van der Waals surface area contributed by atoms with Crippen LogP contribution in [0.4, 0.5) is 4.39 Å². The van der Waals surface area contributed by atoms with Crippen molar-refractivity contribution >= 4 is 16.0 Å². The molecule has 0 aromatic heterocycles. The van der Waals surface area contributed by atoms with E-state index < -0.39 is 10.0 Å². The Balaban J connectivity index is 1.82. The fraction of sp³-hybridized carbons (Fsp3) is 0.533. The van der Waals surface area contributed by atoms with Gasteiger partial charge in [0.1, 0.15) is 5.82 Å². The van der Waals surface area contributed by atoms with Crippen molar-refractivity contribution in [2.45, 2.75) is 18.3 Å². The van der Waals surface area contributed by atoms with E-state index >= 15 is 0 Å². The summed E-state index contributed by atoms with van der Waals surface area (Å²) in [6, 6.07) is 6.71. The standard InChI is InChI=1S/C15H23FN4O2S/c1-17-14(18-8-9-20-23(2,21)22)19-11-15(6-7-15)12-4-3-5-13(16)10-12/h3-5,10,20H,6-9,11H2,1-2H3,(H2,17,18,19). The number of hydrogen-bond donors (Lipinski definition) is 3. The highest BCUT2D eigenvalue weighted by molar-refractivity contribution is 7.88. The molecule has 23 heavy (non-hydrogen) atoms. The zero-order valence-corrected chi connectivity index (χ0v) is 14.2. The molecule has 1 aliphatic carbocycles. The summed E-state index contributed by atoms with van der Waals surface area (Å²) in [4.78, 5) is 4.11. The summed E-state index contributed by atoms with van der Waals surface area (Å²) in [5.74, 6) is 0.381. The van der Waals surface area contributed by atoms with Gasteiger partial charge in [-0.3, -0.25) is 4.99 Å². The highest BCUT2D eigenvalue weighted by Gasteiger charge is 2.44. The number of aliphatic imine (C=N–C) groups is 1. The number of rotatable bonds is 7. The van der Waals surface area contributed by atoms with E-state index in [1.165, 1.54) is 6.07 Å². The van der Waals surface area contributed by atoms with Gasteiger partial charge in [0, 0.05) is 32.1 Å². The van der Waals surface area contributed by atoms with Gasteiger partial charge in [-0.2, -0.15) is 0 Å². The van der Waals surface area contributed by atoms with Crippen LogP contribution in [0.15, 0.2) is 29.3 Å². The van der Waals surface area contributed by atoms with Crippen LogP contribution in [0.5, 0.6) is 0 Å². The van der Waals surface area contributed by atoms with Crippen LogP contribution >= 0.6 is 0 Å². The number of halogens is 1. The second-order valence-electron chi connectivity index (χ2n) is 5.81. The molecular weight excluding hydrogens is 319 g/mol. The van der Waals surface area contributed by atoms with Crippen LogP contribution in [-0.4, -0.2) is 47.3 Å². The fourth-order valence-corrected chi connectivity index (χ4v) is 2.90. The van der Waals surface area contributed by atoms with Crippen LogP contribution in [0, 0.1) is 5.82 Å². The first-order valence-corrected chi connectivity index (χ1v) is 9.39. The van der Waals surface area contributed by atoms with Gasteiger partial charge in [0.25, 0.3) is 0 Å². The molecule has 8 heteroatoms. The van der Waals surface area contributed by atoms with Gasteiger partial charge in [0.15, 0.2) is 5.96 Å². The molecule has 0 saturated heterocycles. The Labute approximate surface area is 136 Å². The predicted octanol–water partition coefficient (Wildman–Crippen LogP) is 0.572. The number of guanidine groups is 1. The third-order valence-electron chi connectivity index (χ3n) is 3.89. The number of benzene rings is 1. The van der Waals surface area contributed by atoms with Crippen LogP contribution in [0.3, 0.4) is 0 Å². The van der Waals surface area contributed by atoms with E-state index in [9.17, 15) is 12.8 Å². The highest BCUT2D eigenvalue weighted by Crippen LogP contribution is 2.47. The maximum Gasteiger partial charge on any atom is 0.208 e. The summed E-state index contributed by atoms with van der Waals surface area (Å²) in [6.07, 6.45) is 3.14. The topological polar surface area (TPSA) is 82.6 Å². The molecule has 0 unspecified atom stereocenters. The maximum absolute atomic E-state index is 13.4. The molecule has 2 rings (SSSR count). The Bertz CT molecular complexity index is 672. The third-order valence-corrected chi connectivity index (χ3v) is 4.62. The molecule has 1 saturated carbocycles. The minimum atomic E-state index is -3.18. The van der Waals surface area contributed by atoms with Crippen molar-refractivity contribution in [3.63, 3.8) is 0 Å². The van der Waals surface area contributed by atoms with E-state index in [0.717, 1.165) is 24.7 Å². The van der Waals surface area contributed by atoms with Crippen molar-refractivity contribution in [2.75, 3.05) is 32.9 Å². The van der Waals surface area contributed by atoms with Crippen molar-refractivity contribution in [1.29, 1.82) is 0 Å². The lowest BCUT2D eigenvalue weighted by Gasteiger charge is -2.19. The molecule has 0 atom stereocenters. The minimum Gasteiger partial charge on any atom is -0.356 e. The first kappa shape index (κ1) is 17.7. The lowest BCUT2D eigenvalue weighted by molar-refractivity contribution is 0.585. The fourth-order valence-electron chi connectivity index (χ4n) is 2.43. The van der Waals surface area contributed by atoms with Gasteiger partial charge >= 0.3 is 0 Å². The van der Waals surface area contributed by atoms with E-state index in [1.54, 1.807) is 19.2 Å². The monoisotopic (exact) mass is 342 g/mol. The minimum absolute atomic E-state index is 0.0370. The number of sulfonamides is 1. The summed E-state index contributed by atoms with van der Waals surface area (Å²) in [6.45, 7) is 1.38. The quantitative estimate of drug-likeness (QED) is 0.384. The van der Waals surface area contributed by atoms with E-state index in [2.05, 4.69) is 20.3 Å². The third kappa shape index (κ3) is 5.47. The summed E-state index contributed by atoms with van der Waals surface area (Å²) < 4.78 is 37.7. The first-order valence-electron chi connectivity index (χ1n) is 7.50. The molecule has 6 nitrogen and oxygen atoms in total. The molecule has 0 spiro atoms. The summed E-state index contributed by atoms with van der Waals surface area (Å²) >= 11 is 0. The molecule has 0 heterocycles. The molecule has 3 N–H and O–H groups in total. The molecule has 128 valence electrons. The molecule has 1 fully saturated rings. The first-order chi connectivity index (χ1) is 10.8. The molecule has 1 aliphatic rings. The Kier molecular flexibility index (Phi) is 5.59. The lowest BCUT2D eigenvalue weighted by Crippen LogP contribution is -2.43. The Morgan fingerprint density at radius 2 is 2.04 bits per heavy atom. The van der Waals surface area contributed by atoms with Gasteiger partial charge in [-0.25, -0.2) is 17.5 Å². The zero-order chi connectivity index (χ0) is 16.9. The van der Waals surface area contributed by atoms with Crippen molar-refractivity contribution in [3.05, 3.63) is 35.6 Å². The van der Waals surface area contributed by atoms with Gasteiger partial charge < -0.3 is 10.6 Å². The molecule has 0 amide bonds. The van der Waals surface area contributed by atoms with Crippen molar-refractivity contribution in [3.8, 4) is 0 Å². The van der Waals surface area contributed by atoms with Gasteiger partial charge in [-0.1, -0.05) is 12.1 Å². The molecule has 0 bridgehead atoms. The van der Waals surface area contributed by atoms with E-state index in [4.69, 9.17) is 0 Å². The highest BCUT2D eigenvalue weighted by atomic mass is 32.2. The van der Waals surface area contributed by atoms with Crippen LogP contribution in [0.1, 0.15) is 18.4 Å². The second kappa shape index (κ2) is 7.27. The molecule has 0 aliphatic heterocycles. The summed E-state index contributed by atoms with van der Waals surface area (Å²) in [7, 11) is -1.53. The van der Waals surface area contributed by atoms with E-state index in [-0.39, 0.29) is 17.8 Å². The lowest BCUT2D eigenvalue weighted by atomic mass is 9.96. The van der Waals surface area contributed by atoms with Crippen molar-refractivity contribution in [2.24, 2.45) is 4.99 Å². The summed E-state index contributed by atoms with van der Waals surface area (Å²) in [5, 5.41) is 6.27. The zero-order valence-electron chi connectivity index (χ0n) is 13.4. The predicted molar refractivity (Wildman–Crippen MR) is 89.5 cm³/mol. The molecule has 1 aromatic rings. The molecule has 1 aromatic carbocycles. The van der Waals surface area contributed by atoms with E-state index in [1.807, 2.05) is 6.07 Å². The average molecular weight is 342 g/mol. The van der Waals surface area contributed by atoms with Crippen LogP contribution in [0.2, 0.25) is 0 Å². The summed E-state index contributed by atoms with van der Waals surface area (Å²) in [5.41, 5.74) is 0.962. The van der Waals surface area contributed by atoms with Crippen LogP contribution < -0.4 is 15.4 Å². The Morgan fingerprint density at radius 1 is 1.30 bits per heavy atom. The largest absolute Gasteiger partial charge is 0.356 e. The number of nitrogens with zero attached hydrogens (tertiary/aromatic N) is 1. The average Bonchev–Trinajstić information content (AvgIpc) is 3.27. The Hall–Kier alpha value is -1.67. The smallest absolute Gasteiger partial charge is 0.208 e. The van der Waals surface area contributed by atoms with Crippen LogP contribution in [0.25, 0.3) is 0 Å². The van der Waals surface area contributed by atoms with E-state index in [0.29, 0.717) is 19.0 Å². The van der Waals surface area contributed by atoms with Gasteiger partial charge in [0.2, 0.25) is 10.0 Å². The van der Waals surface area contributed by atoms with Gasteiger partial charge in [-0.05, 0) is 30.5 Å². The maximum atomic E-state index is 13.4. The van der Waals surface area contributed by atoms with Crippen molar-refractivity contribution in [1.82, 2.24) is 15.4 Å². The van der Waals surface area contributed by atoms with Crippen LogP contribution in [-0.2, 0) is 15.4 Å². The number of hydrogen-bond acceptors (Lipinski definition) is 3. The number of nitrogens with one attached hydrogen (secondary N) is 3. The molecule has 0 radical (unpaired) electrons. The normalized spacial score (nSPS) is 16.9. The van der Waals surface area contributed by atoms with Gasteiger partial charge in [-0.15, -0.1) is 0 Å². The Morgan fingerprint density at radius 3 is 2.61 bits per heavy atom. The SMILES string of the molecule is CN=C(NCCNS(C)(=O)=O)NCC1(c2cccc(F)c2)CC1. The van der Waals surface area contributed by atoms with Crippen molar-refractivity contribution < 1.29 is 12.8 Å². The second-order valence-corrected chi connectivity index (χ2v) is 7.64. The molecular formula is C15H23FN4O2S.